The van der Waals surface area contributed by atoms with Gasteiger partial charge in [0.1, 0.15) is 0 Å². The summed E-state index contributed by atoms with van der Waals surface area (Å²) in [5.74, 6) is 0.574. The normalized spacial score (nSPS) is 14.2. The van der Waals surface area contributed by atoms with Crippen LogP contribution in [0.1, 0.15) is 48.6 Å². The summed E-state index contributed by atoms with van der Waals surface area (Å²) in [5.41, 5.74) is 10.2. The minimum Gasteiger partial charge on any atom is -0.327 e. The first-order valence-corrected chi connectivity index (χ1v) is 8.44. The Kier molecular flexibility index (Phi) is 5.49. The van der Waals surface area contributed by atoms with E-state index in [-0.39, 0.29) is 11.3 Å². The van der Waals surface area contributed by atoms with Crippen LogP contribution in [0.4, 0.5) is 0 Å². The lowest BCUT2D eigenvalue weighted by Gasteiger charge is -2.21. The maximum atomic E-state index is 6.21. The molecule has 112 valence electrons. The third kappa shape index (κ3) is 4.36. The van der Waals surface area contributed by atoms with Crippen LogP contribution in [0.25, 0.3) is 0 Å². The molecule has 0 heterocycles. The van der Waals surface area contributed by atoms with Crippen molar-refractivity contribution in [2.75, 3.05) is 0 Å². The van der Waals surface area contributed by atoms with Crippen molar-refractivity contribution in [1.82, 2.24) is 0 Å². The van der Waals surface area contributed by atoms with E-state index in [9.17, 15) is 0 Å². The molecule has 21 heavy (non-hydrogen) atoms. The van der Waals surface area contributed by atoms with Gasteiger partial charge in [-0.05, 0) is 43.0 Å². The van der Waals surface area contributed by atoms with E-state index in [1.165, 1.54) is 21.6 Å². The molecule has 0 spiro atoms. The molecule has 0 aliphatic heterocycles. The van der Waals surface area contributed by atoms with Crippen molar-refractivity contribution in [1.29, 1.82) is 0 Å². The molecule has 0 aliphatic rings. The number of nitrogens with two attached hydrogens (primary N) is 1. The fraction of sp³-hybridized carbons (Fsp3) is 0.368. The van der Waals surface area contributed by atoms with E-state index < -0.39 is 0 Å². The second kappa shape index (κ2) is 7.15. The maximum absolute atomic E-state index is 6.21. The van der Waals surface area contributed by atoms with Gasteiger partial charge >= 0.3 is 0 Å². The number of hydrogen-bond donors (Lipinski definition) is 1. The molecule has 0 saturated heterocycles. The second-order valence-corrected chi connectivity index (χ2v) is 7.25. The smallest absolute Gasteiger partial charge is 0.0492 e. The highest BCUT2D eigenvalue weighted by molar-refractivity contribution is 7.99. The average molecular weight is 299 g/mol. The summed E-state index contributed by atoms with van der Waals surface area (Å²) < 4.78 is 0. The third-order valence-corrected chi connectivity index (χ3v) is 5.19. The summed E-state index contributed by atoms with van der Waals surface area (Å²) in [5, 5.41) is 0.287. The Bertz CT molecular complexity index is 555. The van der Waals surface area contributed by atoms with E-state index in [1.807, 2.05) is 11.8 Å². The van der Waals surface area contributed by atoms with Gasteiger partial charge in [-0.3, -0.25) is 0 Å². The van der Waals surface area contributed by atoms with E-state index >= 15 is 0 Å². The molecular formula is C19H25NS. The van der Waals surface area contributed by atoms with Gasteiger partial charge in [-0.1, -0.05) is 55.8 Å². The summed E-state index contributed by atoms with van der Waals surface area (Å²) in [6.07, 6.45) is 0. The molecule has 0 fully saturated rings. The van der Waals surface area contributed by atoms with Crippen LogP contribution < -0.4 is 5.73 Å². The van der Waals surface area contributed by atoms with Crippen LogP contribution in [0.2, 0.25) is 0 Å². The van der Waals surface area contributed by atoms with Crippen molar-refractivity contribution < 1.29 is 0 Å². The zero-order valence-corrected chi connectivity index (χ0v) is 14.2. The summed E-state index contributed by atoms with van der Waals surface area (Å²) in [6, 6.07) is 17.7. The highest BCUT2D eigenvalue weighted by Gasteiger charge is 2.17. The quantitative estimate of drug-likeness (QED) is 0.758. The van der Waals surface area contributed by atoms with E-state index in [2.05, 4.69) is 76.2 Å². The van der Waals surface area contributed by atoms with E-state index in [0.29, 0.717) is 5.92 Å². The minimum absolute atomic E-state index is 0.113. The molecule has 2 aromatic rings. The van der Waals surface area contributed by atoms with Crippen molar-refractivity contribution >= 4 is 11.8 Å². The van der Waals surface area contributed by atoms with Crippen molar-refractivity contribution in [3.8, 4) is 0 Å². The first-order chi connectivity index (χ1) is 9.97. The zero-order valence-electron chi connectivity index (χ0n) is 13.3. The third-order valence-electron chi connectivity index (χ3n) is 3.69. The Balaban J connectivity index is 2.18. The molecule has 1 nitrogen and oxygen atoms in total. The fourth-order valence-electron chi connectivity index (χ4n) is 2.31. The van der Waals surface area contributed by atoms with Gasteiger partial charge in [0.05, 0.1) is 0 Å². The predicted molar refractivity (Wildman–Crippen MR) is 94.0 cm³/mol. The summed E-state index contributed by atoms with van der Waals surface area (Å²) in [7, 11) is 0. The van der Waals surface area contributed by atoms with Gasteiger partial charge in [0.15, 0.2) is 0 Å². The lowest BCUT2D eigenvalue weighted by molar-refractivity contribution is 0.721. The lowest BCUT2D eigenvalue weighted by atomic mass is 10.0. The highest BCUT2D eigenvalue weighted by Crippen LogP contribution is 2.37. The molecule has 0 radical (unpaired) electrons. The number of aryl methyl sites for hydroxylation is 1. The van der Waals surface area contributed by atoms with Crippen molar-refractivity contribution in [2.24, 2.45) is 5.73 Å². The van der Waals surface area contributed by atoms with Gasteiger partial charge < -0.3 is 5.73 Å². The molecule has 2 aromatic carbocycles. The highest BCUT2D eigenvalue weighted by atomic mass is 32.2. The van der Waals surface area contributed by atoms with Gasteiger partial charge in [-0.15, -0.1) is 11.8 Å². The monoisotopic (exact) mass is 299 g/mol. The summed E-state index contributed by atoms with van der Waals surface area (Å²) in [6.45, 7) is 8.64. The first kappa shape index (κ1) is 16.1. The SMILES string of the molecule is Cc1ccc(C(Sc2ccc(C(C)C)cc2)C(C)N)cc1. The topological polar surface area (TPSA) is 26.0 Å². The molecule has 0 bridgehead atoms. The largest absolute Gasteiger partial charge is 0.327 e. The Morgan fingerprint density at radius 2 is 1.33 bits per heavy atom. The van der Waals surface area contributed by atoms with Gasteiger partial charge in [0, 0.05) is 16.2 Å². The second-order valence-electron chi connectivity index (χ2n) is 6.03. The van der Waals surface area contributed by atoms with Crippen molar-refractivity contribution in [3.63, 3.8) is 0 Å². The minimum atomic E-state index is 0.113. The number of hydrogen-bond acceptors (Lipinski definition) is 2. The molecule has 0 saturated carbocycles. The van der Waals surface area contributed by atoms with Crippen LogP contribution >= 0.6 is 11.8 Å². The van der Waals surface area contributed by atoms with Crippen LogP contribution in [0.5, 0.6) is 0 Å². The van der Waals surface area contributed by atoms with Crippen LogP contribution in [-0.2, 0) is 0 Å². The Morgan fingerprint density at radius 1 is 0.810 bits per heavy atom. The number of thioether (sulfide) groups is 1. The number of benzene rings is 2. The van der Waals surface area contributed by atoms with Crippen molar-refractivity contribution in [2.45, 2.75) is 49.8 Å². The Labute approximate surface area is 133 Å². The van der Waals surface area contributed by atoms with Gasteiger partial charge in [0.2, 0.25) is 0 Å². The molecule has 0 amide bonds. The predicted octanol–water partition coefficient (Wildman–Crippen LogP) is 5.30. The standard InChI is InChI=1S/C19H25NS/c1-13(2)16-9-11-18(12-10-16)21-19(15(4)20)17-7-5-14(3)6-8-17/h5-13,15,19H,20H2,1-4H3. The molecule has 2 atom stereocenters. The van der Waals surface area contributed by atoms with Gasteiger partial charge in [0.25, 0.3) is 0 Å². The average Bonchev–Trinajstić information content (AvgIpc) is 2.46. The van der Waals surface area contributed by atoms with Crippen LogP contribution in [0.3, 0.4) is 0 Å². The van der Waals surface area contributed by atoms with Crippen LogP contribution in [0, 0.1) is 6.92 Å². The molecule has 2 rings (SSSR count). The molecule has 2 unspecified atom stereocenters. The summed E-state index contributed by atoms with van der Waals surface area (Å²) in [4.78, 5) is 1.28. The van der Waals surface area contributed by atoms with Crippen molar-refractivity contribution in [3.05, 3.63) is 65.2 Å². The van der Waals surface area contributed by atoms with E-state index in [4.69, 9.17) is 5.73 Å². The maximum Gasteiger partial charge on any atom is 0.0492 e. The first-order valence-electron chi connectivity index (χ1n) is 7.56. The molecule has 2 N–H and O–H groups in total. The molecule has 2 heteroatoms. The van der Waals surface area contributed by atoms with E-state index in [1.54, 1.807) is 0 Å². The zero-order chi connectivity index (χ0) is 15.4. The number of rotatable bonds is 5. The molecular weight excluding hydrogens is 274 g/mol. The molecule has 0 aromatic heterocycles. The van der Waals surface area contributed by atoms with Crippen LogP contribution in [-0.4, -0.2) is 6.04 Å². The lowest BCUT2D eigenvalue weighted by Crippen LogP contribution is -2.22. The summed E-state index contributed by atoms with van der Waals surface area (Å²) >= 11 is 1.85. The molecule has 0 aliphatic carbocycles. The van der Waals surface area contributed by atoms with Gasteiger partial charge in [-0.25, -0.2) is 0 Å². The fourth-order valence-corrected chi connectivity index (χ4v) is 3.41. The Morgan fingerprint density at radius 3 is 1.81 bits per heavy atom. The van der Waals surface area contributed by atoms with E-state index in [0.717, 1.165) is 0 Å². The Hall–Kier alpha value is -1.25. The van der Waals surface area contributed by atoms with Crippen LogP contribution in [0.15, 0.2) is 53.4 Å². The van der Waals surface area contributed by atoms with Gasteiger partial charge in [-0.2, -0.15) is 0 Å².